The fourth-order valence-corrected chi connectivity index (χ4v) is 1.34. The van der Waals surface area contributed by atoms with Crippen LogP contribution in [0.25, 0.3) is 10.9 Å². The van der Waals surface area contributed by atoms with Crippen LogP contribution in [0.2, 0.25) is 0 Å². The Morgan fingerprint density at radius 2 is 2.47 bits per heavy atom. The number of halogens is 1. The number of nitrogens with one attached hydrogen (secondary N) is 2. The first kappa shape index (κ1) is 9.45. The van der Waals surface area contributed by atoms with E-state index < -0.39 is 11.9 Å². The highest BCUT2D eigenvalue weighted by Gasteiger charge is 2.11. The van der Waals surface area contributed by atoms with Gasteiger partial charge in [0, 0.05) is 12.4 Å². The summed E-state index contributed by atoms with van der Waals surface area (Å²) in [6.45, 7) is -0.0875. The molecule has 3 N–H and O–H groups in total. The number of H-pyrrole nitrogens is 1. The molecular weight excluding hydrogens is 201 g/mol. The van der Waals surface area contributed by atoms with Crippen molar-refractivity contribution in [1.82, 2.24) is 15.3 Å². The molecule has 2 aromatic heterocycles. The van der Waals surface area contributed by atoms with Gasteiger partial charge < -0.3 is 15.4 Å². The molecule has 0 saturated carbocycles. The van der Waals surface area contributed by atoms with E-state index in [0.717, 1.165) is 0 Å². The second kappa shape index (κ2) is 3.56. The SMILES string of the molecule is O=C(O)NCc1[nH]c2ccncc2c1F. The van der Waals surface area contributed by atoms with Gasteiger partial charge in [0.15, 0.2) is 5.82 Å². The monoisotopic (exact) mass is 209 g/mol. The number of hydrogen-bond donors (Lipinski definition) is 3. The molecule has 2 rings (SSSR count). The maximum absolute atomic E-state index is 13.6. The van der Waals surface area contributed by atoms with Gasteiger partial charge in [0.1, 0.15) is 0 Å². The fraction of sp³-hybridized carbons (Fsp3) is 0.111. The van der Waals surface area contributed by atoms with Gasteiger partial charge in [0.2, 0.25) is 0 Å². The molecule has 0 spiro atoms. The highest BCUT2D eigenvalue weighted by molar-refractivity contribution is 5.80. The predicted molar refractivity (Wildman–Crippen MR) is 50.9 cm³/mol. The van der Waals surface area contributed by atoms with Crippen LogP contribution in [0.1, 0.15) is 5.69 Å². The summed E-state index contributed by atoms with van der Waals surface area (Å²) in [5, 5.41) is 10.8. The molecule has 0 aliphatic rings. The van der Waals surface area contributed by atoms with Crippen molar-refractivity contribution in [2.45, 2.75) is 6.54 Å². The molecule has 1 amide bonds. The minimum Gasteiger partial charge on any atom is -0.465 e. The van der Waals surface area contributed by atoms with Gasteiger partial charge in [0.05, 0.1) is 23.1 Å². The number of pyridine rings is 1. The molecule has 0 saturated heterocycles. The van der Waals surface area contributed by atoms with Crippen LogP contribution in [0.3, 0.4) is 0 Å². The molecular formula is C9H8FN3O2. The first-order valence-corrected chi connectivity index (χ1v) is 4.25. The molecule has 0 aromatic carbocycles. The van der Waals surface area contributed by atoms with E-state index >= 15 is 0 Å². The van der Waals surface area contributed by atoms with Crippen LogP contribution in [0, 0.1) is 5.82 Å². The first-order chi connectivity index (χ1) is 7.18. The predicted octanol–water partition coefficient (Wildman–Crippen LogP) is 1.47. The summed E-state index contributed by atoms with van der Waals surface area (Å²) in [7, 11) is 0. The van der Waals surface area contributed by atoms with E-state index in [9.17, 15) is 9.18 Å². The van der Waals surface area contributed by atoms with Gasteiger partial charge in [-0.2, -0.15) is 0 Å². The van der Waals surface area contributed by atoms with Crippen molar-refractivity contribution in [3.63, 3.8) is 0 Å². The number of amides is 1. The van der Waals surface area contributed by atoms with Crippen LogP contribution >= 0.6 is 0 Å². The lowest BCUT2D eigenvalue weighted by Crippen LogP contribution is -2.20. The smallest absolute Gasteiger partial charge is 0.404 e. The standard InChI is InChI=1S/C9H8FN3O2/c10-8-5-3-11-2-1-6(5)13-7(8)4-12-9(14)15/h1-3,12-13H,4H2,(H,14,15). The number of rotatable bonds is 2. The molecule has 0 bridgehead atoms. The lowest BCUT2D eigenvalue weighted by molar-refractivity contribution is 0.193. The Morgan fingerprint density at radius 3 is 3.13 bits per heavy atom. The highest BCUT2D eigenvalue weighted by Crippen LogP contribution is 2.19. The summed E-state index contributed by atoms with van der Waals surface area (Å²) in [5.41, 5.74) is 0.810. The number of aromatic nitrogens is 2. The van der Waals surface area contributed by atoms with Gasteiger partial charge in [-0.05, 0) is 6.07 Å². The van der Waals surface area contributed by atoms with E-state index in [1.165, 1.54) is 12.4 Å². The number of hydrogen-bond acceptors (Lipinski definition) is 2. The van der Waals surface area contributed by atoms with E-state index in [1.807, 2.05) is 0 Å². The van der Waals surface area contributed by atoms with E-state index in [-0.39, 0.29) is 12.2 Å². The minimum atomic E-state index is -1.19. The molecule has 0 aliphatic heterocycles. The summed E-state index contributed by atoms with van der Waals surface area (Å²) < 4.78 is 13.6. The number of carbonyl (C=O) groups is 1. The van der Waals surface area contributed by atoms with Crippen LogP contribution in [0.15, 0.2) is 18.5 Å². The quantitative estimate of drug-likeness (QED) is 0.700. The Balaban J connectivity index is 2.36. The zero-order chi connectivity index (χ0) is 10.8. The molecule has 0 fully saturated rings. The van der Waals surface area contributed by atoms with E-state index in [2.05, 4.69) is 15.3 Å². The number of nitrogens with zero attached hydrogens (tertiary/aromatic N) is 1. The number of carboxylic acid groups (broad SMARTS) is 1. The van der Waals surface area contributed by atoms with E-state index in [0.29, 0.717) is 10.9 Å². The Hall–Kier alpha value is -2.11. The summed E-state index contributed by atoms with van der Waals surface area (Å²) in [4.78, 5) is 16.8. The molecule has 0 atom stereocenters. The molecule has 0 unspecified atom stereocenters. The van der Waals surface area contributed by atoms with Crippen molar-refractivity contribution in [1.29, 1.82) is 0 Å². The third-order valence-corrected chi connectivity index (χ3v) is 2.02. The molecule has 5 nitrogen and oxygen atoms in total. The third kappa shape index (κ3) is 1.74. The molecule has 0 aliphatic carbocycles. The van der Waals surface area contributed by atoms with Crippen molar-refractivity contribution < 1.29 is 14.3 Å². The lowest BCUT2D eigenvalue weighted by Gasteiger charge is -1.97. The molecule has 2 heterocycles. The zero-order valence-corrected chi connectivity index (χ0v) is 7.62. The van der Waals surface area contributed by atoms with Gasteiger partial charge in [0.25, 0.3) is 0 Å². The van der Waals surface area contributed by atoms with Crippen molar-refractivity contribution in [2.75, 3.05) is 0 Å². The molecule has 0 radical (unpaired) electrons. The Morgan fingerprint density at radius 1 is 1.67 bits per heavy atom. The Kier molecular flexibility index (Phi) is 2.24. The van der Waals surface area contributed by atoms with Gasteiger partial charge in [-0.3, -0.25) is 4.98 Å². The normalized spacial score (nSPS) is 10.5. The van der Waals surface area contributed by atoms with Gasteiger partial charge >= 0.3 is 6.09 Å². The Labute approximate surface area is 83.9 Å². The second-order valence-corrected chi connectivity index (χ2v) is 3.00. The topological polar surface area (TPSA) is 78.0 Å². The van der Waals surface area contributed by atoms with E-state index in [1.54, 1.807) is 6.07 Å². The largest absolute Gasteiger partial charge is 0.465 e. The van der Waals surface area contributed by atoms with Crippen LogP contribution in [0.5, 0.6) is 0 Å². The summed E-state index contributed by atoms with van der Waals surface area (Å²) in [6, 6.07) is 1.63. The molecule has 15 heavy (non-hydrogen) atoms. The van der Waals surface area contributed by atoms with Gasteiger partial charge in [-0.15, -0.1) is 0 Å². The average Bonchev–Trinajstić information content (AvgIpc) is 2.54. The van der Waals surface area contributed by atoms with Crippen molar-refractivity contribution in [3.8, 4) is 0 Å². The summed E-state index contributed by atoms with van der Waals surface area (Å²) >= 11 is 0. The van der Waals surface area contributed by atoms with Crippen LogP contribution in [-0.4, -0.2) is 21.2 Å². The molecule has 6 heteroatoms. The lowest BCUT2D eigenvalue weighted by atomic mass is 10.3. The van der Waals surface area contributed by atoms with Crippen molar-refractivity contribution in [2.24, 2.45) is 0 Å². The van der Waals surface area contributed by atoms with Gasteiger partial charge in [-0.25, -0.2) is 9.18 Å². The third-order valence-electron chi connectivity index (χ3n) is 2.02. The van der Waals surface area contributed by atoms with Crippen LogP contribution < -0.4 is 5.32 Å². The van der Waals surface area contributed by atoms with Crippen molar-refractivity contribution in [3.05, 3.63) is 30.0 Å². The van der Waals surface area contributed by atoms with Gasteiger partial charge in [-0.1, -0.05) is 0 Å². The molecule has 2 aromatic rings. The Bertz CT molecular complexity index is 509. The zero-order valence-electron chi connectivity index (χ0n) is 7.62. The second-order valence-electron chi connectivity index (χ2n) is 3.00. The minimum absolute atomic E-state index is 0.0875. The number of fused-ring (bicyclic) bond motifs is 1. The number of aromatic amines is 1. The van der Waals surface area contributed by atoms with E-state index in [4.69, 9.17) is 5.11 Å². The first-order valence-electron chi connectivity index (χ1n) is 4.25. The van der Waals surface area contributed by atoms with Crippen LogP contribution in [0.4, 0.5) is 9.18 Å². The fourth-order valence-electron chi connectivity index (χ4n) is 1.34. The van der Waals surface area contributed by atoms with Crippen LogP contribution in [-0.2, 0) is 6.54 Å². The molecule has 78 valence electrons. The highest BCUT2D eigenvalue weighted by atomic mass is 19.1. The van der Waals surface area contributed by atoms with Crippen molar-refractivity contribution >= 4 is 17.0 Å². The maximum Gasteiger partial charge on any atom is 0.404 e. The maximum atomic E-state index is 13.6. The summed E-state index contributed by atoms with van der Waals surface area (Å²) in [5.74, 6) is -0.466. The average molecular weight is 209 g/mol. The summed E-state index contributed by atoms with van der Waals surface area (Å²) in [6.07, 6.45) is 1.74.